The van der Waals surface area contributed by atoms with Gasteiger partial charge in [0.15, 0.2) is 5.69 Å². The highest BCUT2D eigenvalue weighted by Gasteiger charge is 2.13. The van der Waals surface area contributed by atoms with Gasteiger partial charge in [0.1, 0.15) is 0 Å². The quantitative estimate of drug-likeness (QED) is 0.877. The van der Waals surface area contributed by atoms with Gasteiger partial charge in [-0.3, -0.25) is 4.79 Å². The molecule has 0 fully saturated rings. The van der Waals surface area contributed by atoms with E-state index in [1.54, 1.807) is 43.4 Å². The average molecular weight is 256 g/mol. The van der Waals surface area contributed by atoms with E-state index in [4.69, 9.17) is 5.11 Å². The van der Waals surface area contributed by atoms with Crippen molar-refractivity contribution < 1.29 is 14.7 Å². The fraction of sp³-hybridized carbons (Fsp3) is 0.0714. The molecule has 2 aromatic rings. The molecule has 0 atom stereocenters. The molecular weight excluding hydrogens is 244 g/mol. The minimum atomic E-state index is -1.10. The molecule has 5 nitrogen and oxygen atoms in total. The Labute approximate surface area is 109 Å². The molecule has 1 amide bonds. The molecule has 0 aliphatic rings. The predicted molar refractivity (Wildman–Crippen MR) is 70.0 cm³/mol. The lowest BCUT2D eigenvalue weighted by molar-refractivity contribution is 0.0691. The van der Waals surface area contributed by atoms with Gasteiger partial charge in [-0.1, -0.05) is 18.2 Å². The fourth-order valence-electron chi connectivity index (χ4n) is 1.78. The molecule has 5 heteroatoms. The van der Waals surface area contributed by atoms with E-state index in [1.807, 2.05) is 0 Å². The minimum Gasteiger partial charge on any atom is -0.476 e. The van der Waals surface area contributed by atoms with Gasteiger partial charge in [-0.05, 0) is 23.8 Å². The number of nitrogens with one attached hydrogen (secondary N) is 1. The Bertz CT molecular complexity index is 638. The second-order valence-electron chi connectivity index (χ2n) is 3.86. The van der Waals surface area contributed by atoms with Gasteiger partial charge in [0.2, 0.25) is 0 Å². The van der Waals surface area contributed by atoms with Gasteiger partial charge in [-0.2, -0.15) is 0 Å². The molecule has 0 aliphatic heterocycles. The lowest BCUT2D eigenvalue weighted by Crippen LogP contribution is -2.17. The van der Waals surface area contributed by atoms with Crippen LogP contribution in [-0.4, -0.2) is 29.0 Å². The molecule has 2 rings (SSSR count). The molecule has 96 valence electrons. The summed E-state index contributed by atoms with van der Waals surface area (Å²) in [7, 11) is 1.54. The molecule has 0 saturated heterocycles. The normalized spacial score (nSPS) is 9.95. The maximum absolute atomic E-state index is 11.6. The highest BCUT2D eigenvalue weighted by molar-refractivity contribution is 5.97. The number of pyridine rings is 1. The summed E-state index contributed by atoms with van der Waals surface area (Å²) in [6.45, 7) is 0. The van der Waals surface area contributed by atoms with E-state index in [9.17, 15) is 9.59 Å². The maximum atomic E-state index is 11.6. The van der Waals surface area contributed by atoms with Gasteiger partial charge in [0.25, 0.3) is 5.91 Å². The van der Waals surface area contributed by atoms with Crippen molar-refractivity contribution in [1.29, 1.82) is 0 Å². The zero-order chi connectivity index (χ0) is 13.8. The molecule has 0 unspecified atom stereocenters. The van der Waals surface area contributed by atoms with E-state index in [2.05, 4.69) is 10.3 Å². The average Bonchev–Trinajstić information content (AvgIpc) is 2.46. The largest absolute Gasteiger partial charge is 0.476 e. The summed E-state index contributed by atoms with van der Waals surface area (Å²) in [6, 6.07) is 10.1. The summed E-state index contributed by atoms with van der Waals surface area (Å²) < 4.78 is 0. The Kier molecular flexibility index (Phi) is 3.56. The first kappa shape index (κ1) is 12.8. The number of carbonyl (C=O) groups is 2. The number of carbonyl (C=O) groups excluding carboxylic acids is 1. The van der Waals surface area contributed by atoms with Gasteiger partial charge in [-0.25, -0.2) is 9.78 Å². The first-order valence-electron chi connectivity index (χ1n) is 5.64. The summed E-state index contributed by atoms with van der Waals surface area (Å²) in [5.74, 6) is -1.32. The maximum Gasteiger partial charge on any atom is 0.355 e. The molecule has 1 aromatic carbocycles. The smallest absolute Gasteiger partial charge is 0.355 e. The minimum absolute atomic E-state index is 0.0310. The van der Waals surface area contributed by atoms with Crippen LogP contribution < -0.4 is 5.32 Å². The van der Waals surface area contributed by atoms with Crippen LogP contribution >= 0.6 is 0 Å². The van der Waals surface area contributed by atoms with Crippen molar-refractivity contribution in [2.75, 3.05) is 7.05 Å². The van der Waals surface area contributed by atoms with Crippen LogP contribution in [0, 0.1) is 0 Å². The van der Waals surface area contributed by atoms with Crippen molar-refractivity contribution in [3.05, 3.63) is 53.9 Å². The number of aromatic nitrogens is 1. The van der Waals surface area contributed by atoms with E-state index in [0.717, 1.165) is 0 Å². The second-order valence-corrected chi connectivity index (χ2v) is 3.86. The van der Waals surface area contributed by atoms with Crippen molar-refractivity contribution in [2.24, 2.45) is 0 Å². The SMILES string of the molecule is CNC(=O)c1cccc(-c2cccnc2C(=O)O)c1. The summed E-state index contributed by atoms with van der Waals surface area (Å²) in [5.41, 5.74) is 1.57. The molecule has 0 spiro atoms. The molecule has 19 heavy (non-hydrogen) atoms. The molecule has 0 aliphatic carbocycles. The topological polar surface area (TPSA) is 79.3 Å². The van der Waals surface area contributed by atoms with Crippen molar-refractivity contribution >= 4 is 11.9 Å². The zero-order valence-electron chi connectivity index (χ0n) is 10.3. The molecule has 0 bridgehead atoms. The number of rotatable bonds is 3. The summed E-state index contributed by atoms with van der Waals surface area (Å²) >= 11 is 0. The van der Waals surface area contributed by atoms with Gasteiger partial charge in [-0.15, -0.1) is 0 Å². The van der Waals surface area contributed by atoms with Crippen molar-refractivity contribution in [1.82, 2.24) is 10.3 Å². The first-order valence-corrected chi connectivity index (χ1v) is 5.64. The van der Waals surface area contributed by atoms with Crippen LogP contribution in [-0.2, 0) is 0 Å². The third kappa shape index (κ3) is 2.60. The van der Waals surface area contributed by atoms with Crippen molar-refractivity contribution in [3.63, 3.8) is 0 Å². The van der Waals surface area contributed by atoms with E-state index < -0.39 is 5.97 Å². The molecular formula is C14H12N2O3. The van der Waals surface area contributed by atoms with Crippen LogP contribution in [0.4, 0.5) is 0 Å². The molecule has 0 radical (unpaired) electrons. The third-order valence-corrected chi connectivity index (χ3v) is 2.67. The summed E-state index contributed by atoms with van der Waals surface area (Å²) in [5, 5.41) is 11.6. The molecule has 1 aromatic heterocycles. The fourth-order valence-corrected chi connectivity index (χ4v) is 1.78. The number of carboxylic acid groups (broad SMARTS) is 1. The Balaban J connectivity index is 2.54. The van der Waals surface area contributed by atoms with Gasteiger partial charge in [0.05, 0.1) is 0 Å². The van der Waals surface area contributed by atoms with Crippen molar-refractivity contribution in [2.45, 2.75) is 0 Å². The monoisotopic (exact) mass is 256 g/mol. The second kappa shape index (κ2) is 5.30. The predicted octanol–water partition coefficient (Wildman–Crippen LogP) is 1.81. The number of nitrogens with zero attached hydrogens (tertiary/aromatic N) is 1. The Morgan fingerprint density at radius 1 is 1.21 bits per heavy atom. The zero-order valence-corrected chi connectivity index (χ0v) is 10.3. The molecule has 2 N–H and O–H groups in total. The number of amides is 1. The van der Waals surface area contributed by atoms with E-state index in [1.165, 1.54) is 6.20 Å². The first-order chi connectivity index (χ1) is 9.13. The lowest BCUT2D eigenvalue weighted by Gasteiger charge is -2.07. The van der Waals surface area contributed by atoms with Gasteiger partial charge >= 0.3 is 5.97 Å². The van der Waals surface area contributed by atoms with Crippen LogP contribution in [0.2, 0.25) is 0 Å². The Hall–Kier alpha value is -2.69. The van der Waals surface area contributed by atoms with Gasteiger partial charge in [0, 0.05) is 24.4 Å². The number of carboxylic acids is 1. The van der Waals surface area contributed by atoms with Crippen LogP contribution in [0.1, 0.15) is 20.8 Å². The Morgan fingerprint density at radius 2 is 2.00 bits per heavy atom. The van der Waals surface area contributed by atoms with E-state index in [0.29, 0.717) is 16.7 Å². The highest BCUT2D eigenvalue weighted by Crippen LogP contribution is 2.23. The van der Waals surface area contributed by atoms with E-state index >= 15 is 0 Å². The van der Waals surface area contributed by atoms with Crippen LogP contribution in [0.25, 0.3) is 11.1 Å². The van der Waals surface area contributed by atoms with Crippen LogP contribution in [0.5, 0.6) is 0 Å². The Morgan fingerprint density at radius 3 is 2.68 bits per heavy atom. The van der Waals surface area contributed by atoms with Crippen LogP contribution in [0.3, 0.4) is 0 Å². The molecule has 1 heterocycles. The van der Waals surface area contributed by atoms with E-state index in [-0.39, 0.29) is 11.6 Å². The number of hydrogen-bond donors (Lipinski definition) is 2. The molecule has 0 saturated carbocycles. The number of aromatic carboxylic acids is 1. The lowest BCUT2D eigenvalue weighted by atomic mass is 10.0. The summed E-state index contributed by atoms with van der Waals surface area (Å²) in [6.07, 6.45) is 1.43. The number of hydrogen-bond acceptors (Lipinski definition) is 3. The third-order valence-electron chi connectivity index (χ3n) is 2.67. The van der Waals surface area contributed by atoms with Gasteiger partial charge < -0.3 is 10.4 Å². The number of benzene rings is 1. The van der Waals surface area contributed by atoms with Crippen LogP contribution in [0.15, 0.2) is 42.6 Å². The summed E-state index contributed by atoms with van der Waals surface area (Å²) in [4.78, 5) is 26.6. The highest BCUT2D eigenvalue weighted by atomic mass is 16.4. The van der Waals surface area contributed by atoms with Crippen molar-refractivity contribution in [3.8, 4) is 11.1 Å². The standard InChI is InChI=1S/C14H12N2O3/c1-15-13(17)10-5-2-4-9(8-10)11-6-3-7-16-12(11)14(18)19/h2-8H,1H3,(H,15,17)(H,18,19).